The molecule has 0 saturated heterocycles. The molecule has 1 saturated carbocycles. The molecule has 0 N–H and O–H groups in total. The van der Waals surface area contributed by atoms with Gasteiger partial charge in [-0.3, -0.25) is 0 Å². The summed E-state index contributed by atoms with van der Waals surface area (Å²) < 4.78 is 1.94. The van der Waals surface area contributed by atoms with Crippen molar-refractivity contribution in [2.75, 3.05) is 0 Å². The van der Waals surface area contributed by atoms with Gasteiger partial charge in [0.1, 0.15) is 6.33 Å². The lowest BCUT2D eigenvalue weighted by atomic mass is 10.1. The summed E-state index contributed by atoms with van der Waals surface area (Å²) >= 11 is 6.18. The molecule has 0 unspecified atom stereocenters. The third-order valence-electron chi connectivity index (χ3n) is 2.80. The standard InChI is InChI=1S/C12H12ClN3/c1-8-2-5-10(11(13)6-8)12-14-7-16(15-12)9-3-4-9/h2,5-7,9H,3-4H2,1H3. The van der Waals surface area contributed by atoms with Gasteiger partial charge < -0.3 is 0 Å². The van der Waals surface area contributed by atoms with E-state index in [1.807, 2.05) is 29.8 Å². The average Bonchev–Trinajstić information content (AvgIpc) is 2.98. The summed E-state index contributed by atoms with van der Waals surface area (Å²) in [7, 11) is 0. The molecule has 16 heavy (non-hydrogen) atoms. The van der Waals surface area contributed by atoms with Gasteiger partial charge in [-0.25, -0.2) is 9.67 Å². The maximum absolute atomic E-state index is 6.18. The van der Waals surface area contributed by atoms with Crippen molar-refractivity contribution in [1.29, 1.82) is 0 Å². The fourth-order valence-electron chi connectivity index (χ4n) is 1.71. The maximum Gasteiger partial charge on any atom is 0.182 e. The van der Waals surface area contributed by atoms with Crippen LogP contribution >= 0.6 is 11.6 Å². The van der Waals surface area contributed by atoms with Crippen LogP contribution in [-0.2, 0) is 0 Å². The van der Waals surface area contributed by atoms with Gasteiger partial charge in [-0.2, -0.15) is 5.10 Å². The zero-order valence-corrected chi connectivity index (χ0v) is 9.78. The second-order valence-corrected chi connectivity index (χ2v) is 4.67. The highest BCUT2D eigenvalue weighted by molar-refractivity contribution is 6.33. The van der Waals surface area contributed by atoms with Crippen LogP contribution in [0.2, 0.25) is 5.02 Å². The van der Waals surface area contributed by atoms with Crippen molar-refractivity contribution in [3.05, 3.63) is 35.1 Å². The molecule has 82 valence electrons. The van der Waals surface area contributed by atoms with Gasteiger partial charge in [0.2, 0.25) is 0 Å². The normalized spacial score (nSPS) is 15.4. The summed E-state index contributed by atoms with van der Waals surface area (Å²) in [6.07, 6.45) is 4.22. The van der Waals surface area contributed by atoms with Crippen LogP contribution in [0.5, 0.6) is 0 Å². The van der Waals surface area contributed by atoms with E-state index >= 15 is 0 Å². The predicted molar refractivity (Wildman–Crippen MR) is 63.5 cm³/mol. The molecule has 1 fully saturated rings. The van der Waals surface area contributed by atoms with E-state index in [-0.39, 0.29) is 0 Å². The van der Waals surface area contributed by atoms with E-state index in [0.29, 0.717) is 11.1 Å². The summed E-state index contributed by atoms with van der Waals surface area (Å²) in [5.74, 6) is 0.719. The average molecular weight is 234 g/mol. The molecule has 0 radical (unpaired) electrons. The number of hydrogen-bond donors (Lipinski definition) is 0. The molecule has 1 heterocycles. The monoisotopic (exact) mass is 233 g/mol. The van der Waals surface area contributed by atoms with E-state index in [1.165, 1.54) is 12.8 Å². The highest BCUT2D eigenvalue weighted by Gasteiger charge is 2.25. The zero-order chi connectivity index (χ0) is 11.1. The minimum absolute atomic E-state index is 0.561. The number of aryl methyl sites for hydroxylation is 1. The molecule has 3 rings (SSSR count). The van der Waals surface area contributed by atoms with Crippen LogP contribution in [-0.4, -0.2) is 14.8 Å². The number of benzene rings is 1. The Hall–Kier alpha value is -1.35. The Kier molecular flexibility index (Phi) is 2.21. The molecule has 0 atom stereocenters. The number of hydrogen-bond acceptors (Lipinski definition) is 2. The quantitative estimate of drug-likeness (QED) is 0.797. The first-order valence-corrected chi connectivity index (χ1v) is 5.79. The Morgan fingerprint density at radius 3 is 2.88 bits per heavy atom. The third kappa shape index (κ3) is 1.71. The molecule has 1 aromatic heterocycles. The predicted octanol–water partition coefficient (Wildman–Crippen LogP) is 3.24. The Labute approximate surface area is 99.1 Å². The number of halogens is 1. The molecule has 0 amide bonds. The van der Waals surface area contributed by atoms with Gasteiger partial charge in [0.15, 0.2) is 5.82 Å². The molecule has 1 aliphatic rings. The van der Waals surface area contributed by atoms with E-state index < -0.39 is 0 Å². The van der Waals surface area contributed by atoms with Gasteiger partial charge in [-0.1, -0.05) is 17.7 Å². The molecule has 0 aliphatic heterocycles. The smallest absolute Gasteiger partial charge is 0.182 e. The van der Waals surface area contributed by atoms with Crippen molar-refractivity contribution in [3.8, 4) is 11.4 Å². The molecule has 4 heteroatoms. The lowest BCUT2D eigenvalue weighted by molar-refractivity contribution is 0.641. The van der Waals surface area contributed by atoms with Crippen molar-refractivity contribution in [2.45, 2.75) is 25.8 Å². The number of nitrogens with zero attached hydrogens (tertiary/aromatic N) is 3. The van der Waals surface area contributed by atoms with Crippen LogP contribution in [0, 0.1) is 6.92 Å². The third-order valence-corrected chi connectivity index (χ3v) is 3.11. The molecule has 3 nitrogen and oxygen atoms in total. The summed E-state index contributed by atoms with van der Waals surface area (Å²) in [6.45, 7) is 2.02. The Morgan fingerprint density at radius 1 is 1.38 bits per heavy atom. The van der Waals surface area contributed by atoms with Crippen LogP contribution in [0.3, 0.4) is 0 Å². The van der Waals surface area contributed by atoms with Crippen LogP contribution in [0.15, 0.2) is 24.5 Å². The number of aromatic nitrogens is 3. The van der Waals surface area contributed by atoms with Gasteiger partial charge >= 0.3 is 0 Å². The second-order valence-electron chi connectivity index (χ2n) is 4.26. The van der Waals surface area contributed by atoms with Gasteiger partial charge in [0, 0.05) is 5.56 Å². The van der Waals surface area contributed by atoms with Crippen molar-refractivity contribution < 1.29 is 0 Å². The van der Waals surface area contributed by atoms with Gasteiger partial charge in [0.25, 0.3) is 0 Å². The van der Waals surface area contributed by atoms with Crippen LogP contribution in [0.4, 0.5) is 0 Å². The Bertz CT molecular complexity index is 529. The molecule has 1 aliphatic carbocycles. The lowest BCUT2D eigenvalue weighted by Crippen LogP contribution is -1.94. The minimum Gasteiger partial charge on any atom is -0.249 e. The summed E-state index contributed by atoms with van der Waals surface area (Å²) in [5.41, 5.74) is 2.06. The summed E-state index contributed by atoms with van der Waals surface area (Å²) in [6, 6.07) is 6.50. The first-order valence-electron chi connectivity index (χ1n) is 5.42. The molecular formula is C12H12ClN3. The number of rotatable bonds is 2. The van der Waals surface area contributed by atoms with Crippen LogP contribution < -0.4 is 0 Å². The Morgan fingerprint density at radius 2 is 2.19 bits per heavy atom. The largest absolute Gasteiger partial charge is 0.249 e. The first-order chi connectivity index (χ1) is 7.74. The topological polar surface area (TPSA) is 30.7 Å². The molecule has 0 bridgehead atoms. The fraction of sp³-hybridized carbons (Fsp3) is 0.333. The van der Waals surface area contributed by atoms with Crippen LogP contribution in [0.1, 0.15) is 24.4 Å². The van der Waals surface area contributed by atoms with Gasteiger partial charge in [-0.05, 0) is 37.5 Å². The highest BCUT2D eigenvalue weighted by atomic mass is 35.5. The first kappa shape index (κ1) is 9.85. The van der Waals surface area contributed by atoms with Crippen molar-refractivity contribution in [2.24, 2.45) is 0 Å². The summed E-state index contributed by atoms with van der Waals surface area (Å²) in [5, 5.41) is 5.17. The molecule has 2 aromatic rings. The van der Waals surface area contributed by atoms with E-state index in [2.05, 4.69) is 10.1 Å². The molecular weight excluding hydrogens is 222 g/mol. The van der Waals surface area contributed by atoms with E-state index in [4.69, 9.17) is 11.6 Å². The van der Waals surface area contributed by atoms with E-state index in [9.17, 15) is 0 Å². The van der Waals surface area contributed by atoms with Gasteiger partial charge in [-0.15, -0.1) is 0 Å². The van der Waals surface area contributed by atoms with E-state index in [1.54, 1.807) is 6.33 Å². The minimum atomic E-state index is 0.561. The maximum atomic E-state index is 6.18. The highest BCUT2D eigenvalue weighted by Crippen LogP contribution is 2.34. The fourth-order valence-corrected chi connectivity index (χ4v) is 2.03. The van der Waals surface area contributed by atoms with Crippen LogP contribution in [0.25, 0.3) is 11.4 Å². The van der Waals surface area contributed by atoms with Crippen molar-refractivity contribution in [1.82, 2.24) is 14.8 Å². The van der Waals surface area contributed by atoms with E-state index in [0.717, 1.165) is 17.0 Å². The molecule has 1 aromatic carbocycles. The van der Waals surface area contributed by atoms with Crippen molar-refractivity contribution >= 4 is 11.6 Å². The SMILES string of the molecule is Cc1ccc(-c2ncn(C3CC3)n2)c(Cl)c1. The second kappa shape index (κ2) is 3.59. The van der Waals surface area contributed by atoms with Gasteiger partial charge in [0.05, 0.1) is 11.1 Å². The Balaban J connectivity index is 2.00. The summed E-state index contributed by atoms with van der Waals surface area (Å²) in [4.78, 5) is 4.31. The zero-order valence-electron chi connectivity index (χ0n) is 9.02. The lowest BCUT2D eigenvalue weighted by Gasteiger charge is -2.00. The molecule has 0 spiro atoms. The van der Waals surface area contributed by atoms with Crippen molar-refractivity contribution in [3.63, 3.8) is 0 Å².